The molecule has 0 aromatic heterocycles. The molecule has 0 aromatic carbocycles. The maximum Gasteiger partial charge on any atom is 0.132 e. The van der Waals surface area contributed by atoms with Crippen LogP contribution in [0, 0.1) is 10.8 Å². The van der Waals surface area contributed by atoms with Crippen LogP contribution in [0.1, 0.15) is 105 Å². The van der Waals surface area contributed by atoms with Crippen LogP contribution in [0.25, 0.3) is 0 Å². The van der Waals surface area contributed by atoms with Gasteiger partial charge in [0.25, 0.3) is 0 Å². The summed E-state index contributed by atoms with van der Waals surface area (Å²) >= 11 is 0. The van der Waals surface area contributed by atoms with E-state index in [-0.39, 0.29) is 24.0 Å². The van der Waals surface area contributed by atoms with Crippen molar-refractivity contribution in [3.63, 3.8) is 0 Å². The zero-order chi connectivity index (χ0) is 18.5. The van der Waals surface area contributed by atoms with E-state index in [1.807, 2.05) is 0 Å². The van der Waals surface area contributed by atoms with Crippen molar-refractivity contribution < 1.29 is 15.0 Å². The van der Waals surface area contributed by atoms with E-state index < -0.39 is 0 Å². The zero-order valence-electron chi connectivity index (χ0n) is 16.7. The van der Waals surface area contributed by atoms with Crippen molar-refractivity contribution in [2.24, 2.45) is 10.8 Å². The molecule has 0 aliphatic rings. The normalized spacial score (nSPS) is 12.6. The van der Waals surface area contributed by atoms with E-state index in [4.69, 9.17) is 10.2 Å². The summed E-state index contributed by atoms with van der Waals surface area (Å²) in [5.74, 6) is 0.413. The summed E-state index contributed by atoms with van der Waals surface area (Å²) in [5.41, 5.74) is 0.567. The first kappa shape index (κ1) is 23.6. The van der Waals surface area contributed by atoms with Gasteiger partial charge in [-0.1, -0.05) is 40.5 Å². The first-order chi connectivity index (χ1) is 11.2. The number of ketones is 1. The van der Waals surface area contributed by atoms with E-state index in [0.717, 1.165) is 77.0 Å². The molecule has 0 aromatic rings. The third-order valence-corrected chi connectivity index (χ3v) is 5.14. The molecule has 0 atom stereocenters. The number of rotatable bonds is 16. The predicted octanol–water partition coefficient (Wildman–Crippen LogP) is 5.27. The van der Waals surface area contributed by atoms with Gasteiger partial charge in [0.1, 0.15) is 5.78 Å². The van der Waals surface area contributed by atoms with Crippen molar-refractivity contribution in [1.29, 1.82) is 0 Å². The van der Waals surface area contributed by atoms with Crippen LogP contribution in [0.2, 0.25) is 0 Å². The standard InChI is InChI=1S/C21H42O3/c1-20(2,15-9-17-22)13-7-5-11-19(24)12-6-8-14-21(3,4)16-10-18-23/h22-23H,5-18H2,1-4H3. The van der Waals surface area contributed by atoms with Crippen molar-refractivity contribution in [2.75, 3.05) is 13.2 Å². The van der Waals surface area contributed by atoms with Gasteiger partial charge in [-0.05, 0) is 62.2 Å². The third kappa shape index (κ3) is 14.0. The van der Waals surface area contributed by atoms with Crippen molar-refractivity contribution >= 4 is 5.78 Å². The van der Waals surface area contributed by atoms with Crippen LogP contribution in [0.4, 0.5) is 0 Å². The second-order valence-corrected chi connectivity index (χ2v) is 8.94. The molecule has 0 aliphatic heterocycles. The maximum atomic E-state index is 12.0. The SMILES string of the molecule is CC(C)(CCCO)CCCCC(=O)CCCCC(C)(C)CCCO. The Morgan fingerprint density at radius 3 is 1.29 bits per heavy atom. The molecule has 2 N–H and O–H groups in total. The second kappa shape index (κ2) is 12.9. The Morgan fingerprint density at radius 2 is 0.958 bits per heavy atom. The summed E-state index contributed by atoms with van der Waals surface area (Å²) in [6.45, 7) is 9.57. The van der Waals surface area contributed by atoms with Crippen molar-refractivity contribution in [3.8, 4) is 0 Å². The molecule has 0 radical (unpaired) electrons. The van der Waals surface area contributed by atoms with E-state index in [9.17, 15) is 4.79 Å². The molecule has 0 fully saturated rings. The van der Waals surface area contributed by atoms with Gasteiger partial charge >= 0.3 is 0 Å². The minimum absolute atomic E-state index is 0.277. The minimum atomic E-state index is 0.277. The molecule has 0 amide bonds. The second-order valence-electron chi connectivity index (χ2n) is 8.94. The Bertz CT molecular complexity index is 291. The van der Waals surface area contributed by atoms with Crippen LogP contribution < -0.4 is 0 Å². The smallest absolute Gasteiger partial charge is 0.132 e. The molecule has 0 aliphatic carbocycles. The van der Waals surface area contributed by atoms with Crippen molar-refractivity contribution in [3.05, 3.63) is 0 Å². The number of Topliss-reactive ketones (excluding diaryl/α,β-unsaturated/α-hetero) is 1. The van der Waals surface area contributed by atoms with E-state index in [0.29, 0.717) is 5.78 Å². The van der Waals surface area contributed by atoms with E-state index in [2.05, 4.69) is 27.7 Å². The summed E-state index contributed by atoms with van der Waals surface area (Å²) < 4.78 is 0. The van der Waals surface area contributed by atoms with Gasteiger partial charge in [0.2, 0.25) is 0 Å². The number of unbranched alkanes of at least 4 members (excludes halogenated alkanes) is 2. The first-order valence-electron chi connectivity index (χ1n) is 9.96. The molecule has 0 saturated heterocycles. The van der Waals surface area contributed by atoms with Crippen LogP contribution in [0.3, 0.4) is 0 Å². The lowest BCUT2D eigenvalue weighted by molar-refractivity contribution is -0.119. The van der Waals surface area contributed by atoms with Crippen molar-refractivity contribution in [1.82, 2.24) is 0 Å². The number of carbonyl (C=O) groups excluding carboxylic acids is 1. The molecular formula is C21H42O3. The molecule has 0 bridgehead atoms. The topological polar surface area (TPSA) is 57.5 Å². The molecule has 0 heterocycles. The lowest BCUT2D eigenvalue weighted by Crippen LogP contribution is -2.12. The summed E-state index contributed by atoms with van der Waals surface area (Å²) in [6, 6.07) is 0. The summed E-state index contributed by atoms with van der Waals surface area (Å²) in [7, 11) is 0. The van der Waals surface area contributed by atoms with Gasteiger partial charge in [-0.25, -0.2) is 0 Å². The van der Waals surface area contributed by atoms with Crippen LogP contribution in [0.5, 0.6) is 0 Å². The average molecular weight is 343 g/mol. The number of carbonyl (C=O) groups is 1. The fourth-order valence-corrected chi connectivity index (χ4v) is 3.34. The molecule has 0 spiro atoms. The van der Waals surface area contributed by atoms with Gasteiger partial charge < -0.3 is 10.2 Å². The highest BCUT2D eigenvalue weighted by Crippen LogP contribution is 2.30. The average Bonchev–Trinajstić information content (AvgIpc) is 2.52. The van der Waals surface area contributed by atoms with E-state index >= 15 is 0 Å². The zero-order valence-corrected chi connectivity index (χ0v) is 16.7. The van der Waals surface area contributed by atoms with Crippen LogP contribution in [-0.2, 0) is 4.79 Å². The Hall–Kier alpha value is -0.410. The quantitative estimate of drug-likeness (QED) is 0.375. The van der Waals surface area contributed by atoms with E-state index in [1.165, 1.54) is 0 Å². The monoisotopic (exact) mass is 342 g/mol. The van der Waals surface area contributed by atoms with Crippen molar-refractivity contribution in [2.45, 2.75) is 105 Å². The summed E-state index contributed by atoms with van der Waals surface area (Å²) in [5, 5.41) is 17.8. The Kier molecular flexibility index (Phi) is 12.7. The molecule has 0 rings (SSSR count). The highest BCUT2D eigenvalue weighted by atomic mass is 16.3. The third-order valence-electron chi connectivity index (χ3n) is 5.14. The number of aliphatic hydroxyl groups excluding tert-OH is 2. The molecule has 24 heavy (non-hydrogen) atoms. The summed E-state index contributed by atoms with van der Waals surface area (Å²) in [4.78, 5) is 12.0. The molecule has 0 unspecified atom stereocenters. The number of aliphatic hydroxyl groups is 2. The predicted molar refractivity (Wildman–Crippen MR) is 102 cm³/mol. The summed E-state index contributed by atoms with van der Waals surface area (Å²) in [6.07, 6.45) is 11.8. The maximum absolute atomic E-state index is 12.0. The van der Waals surface area contributed by atoms with Gasteiger partial charge in [0.05, 0.1) is 0 Å². The van der Waals surface area contributed by atoms with Crippen LogP contribution in [0.15, 0.2) is 0 Å². The van der Waals surface area contributed by atoms with Gasteiger partial charge in [-0.2, -0.15) is 0 Å². The number of hydrogen-bond acceptors (Lipinski definition) is 3. The Labute approximate surface area is 150 Å². The van der Waals surface area contributed by atoms with E-state index in [1.54, 1.807) is 0 Å². The fourth-order valence-electron chi connectivity index (χ4n) is 3.34. The lowest BCUT2D eigenvalue weighted by Gasteiger charge is -2.24. The molecule has 3 heteroatoms. The lowest BCUT2D eigenvalue weighted by atomic mass is 9.82. The Balaban J connectivity index is 3.66. The van der Waals surface area contributed by atoms with Crippen LogP contribution in [-0.4, -0.2) is 29.2 Å². The molecule has 0 saturated carbocycles. The van der Waals surface area contributed by atoms with Crippen LogP contribution >= 0.6 is 0 Å². The van der Waals surface area contributed by atoms with Gasteiger partial charge in [-0.15, -0.1) is 0 Å². The minimum Gasteiger partial charge on any atom is -0.396 e. The fraction of sp³-hybridized carbons (Fsp3) is 0.952. The Morgan fingerprint density at radius 1 is 0.625 bits per heavy atom. The largest absolute Gasteiger partial charge is 0.396 e. The molecule has 3 nitrogen and oxygen atoms in total. The van der Waals surface area contributed by atoms with Gasteiger partial charge in [0.15, 0.2) is 0 Å². The van der Waals surface area contributed by atoms with Gasteiger partial charge in [0, 0.05) is 26.1 Å². The number of hydrogen-bond donors (Lipinski definition) is 2. The first-order valence-corrected chi connectivity index (χ1v) is 9.96. The van der Waals surface area contributed by atoms with Gasteiger partial charge in [-0.3, -0.25) is 4.79 Å². The highest BCUT2D eigenvalue weighted by molar-refractivity contribution is 5.78. The molecule has 144 valence electrons. The molecular weight excluding hydrogens is 300 g/mol. The highest BCUT2D eigenvalue weighted by Gasteiger charge is 2.18.